The van der Waals surface area contributed by atoms with E-state index >= 15 is 0 Å². The van der Waals surface area contributed by atoms with Gasteiger partial charge in [-0.25, -0.2) is 0 Å². The van der Waals surface area contributed by atoms with Gasteiger partial charge in [0.25, 0.3) is 0 Å². The van der Waals surface area contributed by atoms with Crippen LogP contribution in [0.3, 0.4) is 0 Å². The van der Waals surface area contributed by atoms with Crippen LogP contribution in [0.5, 0.6) is 5.75 Å². The van der Waals surface area contributed by atoms with E-state index in [0.29, 0.717) is 5.75 Å². The lowest BCUT2D eigenvalue weighted by atomic mass is 9.91. The Morgan fingerprint density at radius 3 is 2.23 bits per heavy atom. The van der Waals surface area contributed by atoms with Gasteiger partial charge in [-0.2, -0.15) is 0 Å². The van der Waals surface area contributed by atoms with E-state index in [1.807, 2.05) is 19.2 Å². The first-order valence-electron chi connectivity index (χ1n) is 9.75. The fourth-order valence-electron chi connectivity index (χ4n) is 5.02. The highest BCUT2D eigenvalue weighted by Crippen LogP contribution is 2.47. The van der Waals surface area contributed by atoms with Crippen molar-refractivity contribution in [2.24, 2.45) is 11.8 Å². The number of nitrogens with zero attached hydrogens (tertiary/aromatic N) is 1. The number of aromatic hydroxyl groups is 1. The van der Waals surface area contributed by atoms with E-state index in [1.54, 1.807) is 12.1 Å². The first kappa shape index (κ1) is 17.6. The Morgan fingerprint density at radius 1 is 0.962 bits per heavy atom. The first-order valence-corrected chi connectivity index (χ1v) is 9.75. The van der Waals surface area contributed by atoms with Crippen molar-refractivity contribution in [1.82, 2.24) is 4.90 Å². The molecule has 0 spiro atoms. The molecule has 0 aromatic heterocycles. The quantitative estimate of drug-likeness (QED) is 0.857. The Bertz CT molecular complexity index is 699. The largest absolute Gasteiger partial charge is 0.508 e. The molecule has 3 nitrogen and oxygen atoms in total. The Balaban J connectivity index is 1.32. The summed E-state index contributed by atoms with van der Waals surface area (Å²) in [6, 6.07) is 18.4. The number of hydrogen-bond donors (Lipinski definition) is 1. The molecule has 1 heterocycles. The van der Waals surface area contributed by atoms with Gasteiger partial charge < -0.3 is 14.7 Å². The minimum absolute atomic E-state index is 0.0275. The molecule has 4 rings (SSSR count). The number of ether oxygens (including phenoxy) is 1. The summed E-state index contributed by atoms with van der Waals surface area (Å²) in [6.45, 7) is 3.50. The number of methoxy groups -OCH3 is 1. The van der Waals surface area contributed by atoms with E-state index in [9.17, 15) is 5.11 Å². The molecule has 0 bridgehead atoms. The van der Waals surface area contributed by atoms with Crippen molar-refractivity contribution in [3.05, 3.63) is 65.7 Å². The fourth-order valence-corrected chi connectivity index (χ4v) is 5.02. The summed E-state index contributed by atoms with van der Waals surface area (Å²) < 4.78 is 6.07. The minimum atomic E-state index is 0.0275. The van der Waals surface area contributed by atoms with E-state index in [0.717, 1.165) is 31.2 Å². The summed E-state index contributed by atoms with van der Waals surface area (Å²) in [5.41, 5.74) is 2.72. The molecule has 0 amide bonds. The zero-order valence-corrected chi connectivity index (χ0v) is 15.6. The van der Waals surface area contributed by atoms with E-state index < -0.39 is 0 Å². The predicted molar refractivity (Wildman–Crippen MR) is 104 cm³/mol. The number of fused-ring (bicyclic) bond motifs is 1. The Labute approximate surface area is 156 Å². The summed E-state index contributed by atoms with van der Waals surface area (Å²) in [6.07, 6.45) is 4.45. The second-order valence-electron chi connectivity index (χ2n) is 8.15. The van der Waals surface area contributed by atoms with E-state index in [2.05, 4.69) is 35.2 Å². The summed E-state index contributed by atoms with van der Waals surface area (Å²) in [5, 5.41) is 9.40. The van der Waals surface area contributed by atoms with Crippen LogP contribution in [-0.2, 0) is 17.6 Å². The van der Waals surface area contributed by atoms with E-state index in [-0.39, 0.29) is 5.60 Å². The second-order valence-corrected chi connectivity index (χ2v) is 8.15. The molecule has 1 N–H and O–H groups in total. The molecular formula is C23H29NO2. The minimum Gasteiger partial charge on any atom is -0.508 e. The molecular weight excluding hydrogens is 322 g/mol. The topological polar surface area (TPSA) is 32.7 Å². The van der Waals surface area contributed by atoms with Crippen LogP contribution in [0.1, 0.15) is 24.0 Å². The van der Waals surface area contributed by atoms with Crippen LogP contribution in [0, 0.1) is 11.8 Å². The Morgan fingerprint density at radius 2 is 1.62 bits per heavy atom. The number of likely N-dealkylation sites (tertiary alicyclic amines) is 1. The van der Waals surface area contributed by atoms with Gasteiger partial charge in [0, 0.05) is 33.2 Å². The third kappa shape index (κ3) is 3.79. The lowest BCUT2D eigenvalue weighted by molar-refractivity contribution is -0.0130. The maximum absolute atomic E-state index is 9.40. The number of rotatable bonds is 6. The molecule has 1 saturated carbocycles. The third-order valence-electron chi connectivity index (χ3n) is 6.38. The Hall–Kier alpha value is -1.84. The van der Waals surface area contributed by atoms with Gasteiger partial charge in [0.15, 0.2) is 0 Å². The van der Waals surface area contributed by atoms with Crippen molar-refractivity contribution in [2.75, 3.05) is 26.7 Å². The number of hydrogen-bond acceptors (Lipinski definition) is 3. The highest BCUT2D eigenvalue weighted by molar-refractivity contribution is 5.26. The van der Waals surface area contributed by atoms with Crippen LogP contribution >= 0.6 is 0 Å². The summed E-state index contributed by atoms with van der Waals surface area (Å²) in [7, 11) is 1.90. The SMILES string of the molecule is COC1(Cc2ccccc2)CC2CN(CCc3ccc(O)cc3)CC2C1. The van der Waals surface area contributed by atoms with Gasteiger partial charge in [-0.05, 0) is 54.4 Å². The van der Waals surface area contributed by atoms with Crippen molar-refractivity contribution in [3.8, 4) is 5.75 Å². The van der Waals surface area contributed by atoms with Crippen molar-refractivity contribution >= 4 is 0 Å². The molecule has 2 atom stereocenters. The highest BCUT2D eigenvalue weighted by atomic mass is 16.5. The smallest absolute Gasteiger partial charge is 0.115 e. The molecule has 2 aromatic carbocycles. The van der Waals surface area contributed by atoms with Crippen LogP contribution in [-0.4, -0.2) is 42.4 Å². The van der Waals surface area contributed by atoms with Crippen molar-refractivity contribution < 1.29 is 9.84 Å². The van der Waals surface area contributed by atoms with Crippen LogP contribution in [0.25, 0.3) is 0 Å². The summed E-state index contributed by atoms with van der Waals surface area (Å²) >= 11 is 0. The second kappa shape index (κ2) is 7.42. The molecule has 2 aromatic rings. The highest BCUT2D eigenvalue weighted by Gasteiger charge is 2.49. The predicted octanol–water partition coefficient (Wildman–Crippen LogP) is 3.90. The average molecular weight is 351 g/mol. The van der Waals surface area contributed by atoms with Crippen molar-refractivity contribution in [1.29, 1.82) is 0 Å². The molecule has 138 valence electrons. The van der Waals surface area contributed by atoms with Crippen molar-refractivity contribution in [2.45, 2.75) is 31.3 Å². The van der Waals surface area contributed by atoms with Gasteiger partial charge in [-0.15, -0.1) is 0 Å². The van der Waals surface area contributed by atoms with Crippen molar-refractivity contribution in [3.63, 3.8) is 0 Å². The molecule has 0 radical (unpaired) electrons. The Kier molecular flexibility index (Phi) is 5.01. The standard InChI is InChI=1S/C23H29NO2/c1-26-23(13-19-5-3-2-4-6-19)14-20-16-24(17-21(20)15-23)12-11-18-7-9-22(25)10-8-18/h2-10,20-21,25H,11-17H2,1H3. The first-order chi connectivity index (χ1) is 12.7. The number of phenolic OH excluding ortho intramolecular Hbond substituents is 1. The van der Waals surface area contributed by atoms with Gasteiger partial charge in [0.05, 0.1) is 5.60 Å². The maximum atomic E-state index is 9.40. The van der Waals surface area contributed by atoms with Gasteiger partial charge >= 0.3 is 0 Å². The molecule has 1 saturated heterocycles. The van der Waals surface area contributed by atoms with Gasteiger partial charge in [0.2, 0.25) is 0 Å². The molecule has 3 heteroatoms. The summed E-state index contributed by atoms with van der Waals surface area (Å²) in [4.78, 5) is 2.62. The van der Waals surface area contributed by atoms with E-state index in [1.165, 1.54) is 37.1 Å². The normalized spacial score (nSPS) is 28.3. The zero-order valence-electron chi connectivity index (χ0n) is 15.6. The van der Waals surface area contributed by atoms with Gasteiger partial charge in [0.1, 0.15) is 5.75 Å². The van der Waals surface area contributed by atoms with Crippen LogP contribution in [0.2, 0.25) is 0 Å². The molecule has 1 aliphatic carbocycles. The summed E-state index contributed by atoms with van der Waals surface area (Å²) in [5.74, 6) is 1.87. The van der Waals surface area contributed by atoms with Gasteiger partial charge in [-0.1, -0.05) is 42.5 Å². The monoisotopic (exact) mass is 351 g/mol. The average Bonchev–Trinajstić information content (AvgIpc) is 3.18. The third-order valence-corrected chi connectivity index (χ3v) is 6.38. The van der Waals surface area contributed by atoms with Crippen LogP contribution in [0.4, 0.5) is 0 Å². The van der Waals surface area contributed by atoms with Crippen LogP contribution in [0.15, 0.2) is 54.6 Å². The fraction of sp³-hybridized carbons (Fsp3) is 0.478. The lowest BCUT2D eigenvalue weighted by Crippen LogP contribution is -2.34. The van der Waals surface area contributed by atoms with Crippen LogP contribution < -0.4 is 0 Å². The molecule has 2 fully saturated rings. The van der Waals surface area contributed by atoms with E-state index in [4.69, 9.17) is 4.74 Å². The maximum Gasteiger partial charge on any atom is 0.115 e. The zero-order chi connectivity index (χ0) is 18.0. The molecule has 26 heavy (non-hydrogen) atoms. The molecule has 2 unspecified atom stereocenters. The molecule has 2 aliphatic rings. The molecule has 1 aliphatic heterocycles. The number of benzene rings is 2. The lowest BCUT2D eigenvalue weighted by Gasteiger charge is -2.30. The number of phenols is 1. The van der Waals surface area contributed by atoms with Gasteiger partial charge in [-0.3, -0.25) is 0 Å².